The highest BCUT2D eigenvalue weighted by Crippen LogP contribution is 2.37. The summed E-state index contributed by atoms with van der Waals surface area (Å²) in [5.74, 6) is 0. The molecule has 0 N–H and O–H groups in total. The van der Waals surface area contributed by atoms with Gasteiger partial charge in [0.1, 0.15) is 0 Å². The first-order valence-electron chi connectivity index (χ1n) is 5.04. The van der Waals surface area contributed by atoms with Crippen LogP contribution in [0, 0.1) is 13.8 Å². The number of alkyl halides is 1. The van der Waals surface area contributed by atoms with Gasteiger partial charge < -0.3 is 0 Å². The fourth-order valence-electron chi connectivity index (χ4n) is 1.63. The lowest BCUT2D eigenvalue weighted by molar-refractivity contribution is 1.17. The zero-order valence-corrected chi connectivity index (χ0v) is 13.1. The molecule has 0 nitrogen and oxygen atoms in total. The predicted molar refractivity (Wildman–Crippen MR) is 78.7 cm³/mol. The van der Waals surface area contributed by atoms with Crippen LogP contribution in [0.4, 0.5) is 0 Å². The lowest BCUT2D eigenvalue weighted by Crippen LogP contribution is -1.93. The summed E-state index contributed by atoms with van der Waals surface area (Å²) in [4.78, 5) is 3.01. The molecule has 0 saturated heterocycles. The van der Waals surface area contributed by atoms with Gasteiger partial charge in [0.2, 0.25) is 0 Å². The molecule has 0 amide bonds. The molecule has 0 fully saturated rings. The fraction of sp³-hybridized carbons (Fsp3) is 0.231. The van der Waals surface area contributed by atoms with Gasteiger partial charge in [0.05, 0.1) is 4.83 Å². The summed E-state index contributed by atoms with van der Waals surface area (Å²) >= 11 is 9.15. The first kappa shape index (κ1) is 12.3. The normalized spacial score (nSPS) is 12.8. The van der Waals surface area contributed by atoms with Crippen molar-refractivity contribution in [3.05, 3.63) is 55.7 Å². The van der Waals surface area contributed by atoms with Crippen LogP contribution in [-0.2, 0) is 0 Å². The molecule has 2 rings (SSSR count). The second-order valence-corrected chi connectivity index (χ2v) is 6.96. The summed E-state index contributed by atoms with van der Waals surface area (Å²) < 4.78 is 1.13. The Morgan fingerprint density at radius 2 is 1.88 bits per heavy atom. The zero-order chi connectivity index (χ0) is 11.7. The monoisotopic (exact) mass is 358 g/mol. The SMILES string of the molecule is Cc1ccc(C(Br)c2cc(Br)ccc2C)s1. The molecule has 1 unspecified atom stereocenters. The molecule has 16 heavy (non-hydrogen) atoms. The number of thiophene rings is 1. The summed E-state index contributed by atoms with van der Waals surface area (Å²) in [6, 6.07) is 10.8. The third-order valence-electron chi connectivity index (χ3n) is 2.53. The molecule has 84 valence electrons. The van der Waals surface area contributed by atoms with Crippen molar-refractivity contribution in [1.82, 2.24) is 0 Å². The summed E-state index contributed by atoms with van der Waals surface area (Å²) in [5, 5.41) is 0. The molecule has 2 aromatic rings. The van der Waals surface area contributed by atoms with Gasteiger partial charge in [-0.2, -0.15) is 0 Å². The largest absolute Gasteiger partial charge is 0.144 e. The lowest BCUT2D eigenvalue weighted by atomic mass is 10.1. The van der Waals surface area contributed by atoms with E-state index in [1.165, 1.54) is 20.9 Å². The van der Waals surface area contributed by atoms with Gasteiger partial charge in [-0.25, -0.2) is 0 Å². The van der Waals surface area contributed by atoms with Crippen LogP contribution >= 0.6 is 43.2 Å². The number of hydrogen-bond acceptors (Lipinski definition) is 1. The molecule has 1 aromatic carbocycles. The van der Waals surface area contributed by atoms with Gasteiger partial charge in [0.25, 0.3) is 0 Å². The molecule has 0 radical (unpaired) electrons. The van der Waals surface area contributed by atoms with E-state index in [1.807, 2.05) is 11.3 Å². The van der Waals surface area contributed by atoms with Crippen LogP contribution in [0.1, 0.15) is 25.7 Å². The van der Waals surface area contributed by atoms with E-state index in [0.29, 0.717) is 4.83 Å². The highest BCUT2D eigenvalue weighted by Gasteiger charge is 2.14. The Morgan fingerprint density at radius 1 is 1.12 bits per heavy atom. The highest BCUT2D eigenvalue weighted by molar-refractivity contribution is 9.10. The van der Waals surface area contributed by atoms with Crippen molar-refractivity contribution < 1.29 is 0 Å². The number of halogens is 2. The predicted octanol–water partition coefficient (Wildman–Crippen LogP) is 5.61. The van der Waals surface area contributed by atoms with Gasteiger partial charge in [-0.1, -0.05) is 37.9 Å². The van der Waals surface area contributed by atoms with Gasteiger partial charge in [-0.05, 0) is 49.2 Å². The Kier molecular flexibility index (Phi) is 3.88. The van der Waals surface area contributed by atoms with Crippen molar-refractivity contribution in [2.75, 3.05) is 0 Å². The summed E-state index contributed by atoms with van der Waals surface area (Å²) in [6.45, 7) is 4.29. The van der Waals surface area contributed by atoms with Crippen LogP contribution in [0.25, 0.3) is 0 Å². The standard InChI is InChI=1S/C13H12Br2S/c1-8-3-5-10(14)7-11(8)13(15)12-6-4-9(2)16-12/h3-7,13H,1-2H3. The molecule has 3 heteroatoms. The van der Waals surface area contributed by atoms with E-state index in [-0.39, 0.29) is 0 Å². The van der Waals surface area contributed by atoms with E-state index >= 15 is 0 Å². The number of aryl methyl sites for hydroxylation is 2. The van der Waals surface area contributed by atoms with E-state index in [2.05, 4.69) is 76.0 Å². The van der Waals surface area contributed by atoms with Crippen molar-refractivity contribution in [2.45, 2.75) is 18.7 Å². The molecular weight excluding hydrogens is 348 g/mol. The molecule has 0 aliphatic rings. The van der Waals surface area contributed by atoms with Crippen molar-refractivity contribution >= 4 is 43.2 Å². The van der Waals surface area contributed by atoms with E-state index in [1.54, 1.807) is 0 Å². The Bertz CT molecular complexity index is 502. The van der Waals surface area contributed by atoms with E-state index < -0.39 is 0 Å². The molecule has 0 bridgehead atoms. The number of benzene rings is 1. The minimum Gasteiger partial charge on any atom is -0.144 e. The topological polar surface area (TPSA) is 0 Å². The Balaban J connectivity index is 2.40. The van der Waals surface area contributed by atoms with Crippen LogP contribution < -0.4 is 0 Å². The average molecular weight is 360 g/mol. The molecule has 1 heterocycles. The minimum atomic E-state index is 0.295. The highest BCUT2D eigenvalue weighted by atomic mass is 79.9. The fourth-order valence-corrected chi connectivity index (χ4v) is 3.81. The second kappa shape index (κ2) is 5.03. The number of hydrogen-bond donors (Lipinski definition) is 0. The van der Waals surface area contributed by atoms with Crippen molar-refractivity contribution in [3.8, 4) is 0 Å². The Labute approximate surface area is 117 Å². The smallest absolute Gasteiger partial charge is 0.0741 e. The summed E-state index contributed by atoms with van der Waals surface area (Å²) in [5.41, 5.74) is 2.65. The Morgan fingerprint density at radius 3 is 2.50 bits per heavy atom. The molecule has 0 spiro atoms. The molecule has 1 aromatic heterocycles. The van der Waals surface area contributed by atoms with Gasteiger partial charge in [0, 0.05) is 14.2 Å². The van der Waals surface area contributed by atoms with E-state index in [4.69, 9.17) is 0 Å². The molecule has 0 saturated carbocycles. The maximum atomic E-state index is 3.78. The molecule has 1 atom stereocenters. The molecule has 0 aliphatic carbocycles. The summed E-state index contributed by atoms with van der Waals surface area (Å²) in [6.07, 6.45) is 0. The average Bonchev–Trinajstić information content (AvgIpc) is 2.67. The maximum Gasteiger partial charge on any atom is 0.0741 e. The van der Waals surface area contributed by atoms with Crippen LogP contribution in [0.5, 0.6) is 0 Å². The minimum absolute atomic E-state index is 0.295. The lowest BCUT2D eigenvalue weighted by Gasteiger charge is -2.12. The van der Waals surface area contributed by atoms with Crippen LogP contribution in [-0.4, -0.2) is 0 Å². The first-order valence-corrected chi connectivity index (χ1v) is 7.57. The van der Waals surface area contributed by atoms with Crippen molar-refractivity contribution in [2.24, 2.45) is 0 Å². The van der Waals surface area contributed by atoms with Crippen LogP contribution in [0.15, 0.2) is 34.8 Å². The van der Waals surface area contributed by atoms with E-state index in [9.17, 15) is 0 Å². The third kappa shape index (κ3) is 2.58. The third-order valence-corrected chi connectivity index (χ3v) is 5.37. The van der Waals surface area contributed by atoms with Gasteiger partial charge in [-0.3, -0.25) is 0 Å². The first-order chi connectivity index (χ1) is 7.58. The van der Waals surface area contributed by atoms with Crippen molar-refractivity contribution in [3.63, 3.8) is 0 Å². The van der Waals surface area contributed by atoms with Crippen LogP contribution in [0.2, 0.25) is 0 Å². The van der Waals surface area contributed by atoms with E-state index in [0.717, 1.165) is 4.47 Å². The summed E-state index contributed by atoms with van der Waals surface area (Å²) in [7, 11) is 0. The van der Waals surface area contributed by atoms with Crippen molar-refractivity contribution in [1.29, 1.82) is 0 Å². The van der Waals surface area contributed by atoms with Gasteiger partial charge in [-0.15, -0.1) is 11.3 Å². The molecule has 0 aliphatic heterocycles. The number of rotatable bonds is 2. The maximum absolute atomic E-state index is 3.78. The molecular formula is C13H12Br2S. The zero-order valence-electron chi connectivity index (χ0n) is 9.13. The van der Waals surface area contributed by atoms with Gasteiger partial charge in [0.15, 0.2) is 0 Å². The van der Waals surface area contributed by atoms with Crippen LogP contribution in [0.3, 0.4) is 0 Å². The Hall–Kier alpha value is -0.120. The quantitative estimate of drug-likeness (QED) is 0.611. The van der Waals surface area contributed by atoms with Gasteiger partial charge >= 0.3 is 0 Å². The second-order valence-electron chi connectivity index (χ2n) is 3.81.